The van der Waals surface area contributed by atoms with E-state index in [1.807, 2.05) is 0 Å². The van der Waals surface area contributed by atoms with Crippen molar-refractivity contribution in [1.29, 1.82) is 0 Å². The Bertz CT molecular complexity index is 425. The molecule has 92 valence electrons. The highest BCUT2D eigenvalue weighted by molar-refractivity contribution is 5.78. The van der Waals surface area contributed by atoms with Crippen molar-refractivity contribution in [2.45, 2.75) is 12.6 Å². The summed E-state index contributed by atoms with van der Waals surface area (Å²) in [5, 5.41) is 0. The maximum absolute atomic E-state index is 11.9. The van der Waals surface area contributed by atoms with Crippen molar-refractivity contribution in [3.63, 3.8) is 0 Å². The Balaban J connectivity index is 2.69. The highest BCUT2D eigenvalue weighted by atomic mass is 19.4. The molecule has 2 N–H and O–H groups in total. The van der Waals surface area contributed by atoms with Crippen LogP contribution in [-0.4, -0.2) is 18.1 Å². The second-order valence-corrected chi connectivity index (χ2v) is 3.17. The molecule has 0 heterocycles. The molecule has 0 fully saturated rings. The summed E-state index contributed by atoms with van der Waals surface area (Å²) >= 11 is 0. The lowest BCUT2D eigenvalue weighted by molar-refractivity contribution is -0.189. The van der Waals surface area contributed by atoms with Gasteiger partial charge >= 0.3 is 12.1 Å². The Kier molecular flexibility index (Phi) is 3.72. The lowest BCUT2D eigenvalue weighted by Crippen LogP contribution is -2.27. The van der Waals surface area contributed by atoms with E-state index in [4.69, 9.17) is 5.73 Å². The zero-order valence-corrected chi connectivity index (χ0v) is 8.45. The van der Waals surface area contributed by atoms with E-state index in [9.17, 15) is 22.8 Å². The number of hydrogen-bond donors (Lipinski definition) is 1. The number of primary amides is 1. The van der Waals surface area contributed by atoms with Crippen LogP contribution >= 0.6 is 0 Å². The van der Waals surface area contributed by atoms with E-state index in [1.165, 1.54) is 12.1 Å². The van der Waals surface area contributed by atoms with Gasteiger partial charge in [-0.25, -0.2) is 4.79 Å². The Morgan fingerprint density at radius 1 is 1.18 bits per heavy atom. The van der Waals surface area contributed by atoms with Crippen LogP contribution in [0.15, 0.2) is 24.3 Å². The van der Waals surface area contributed by atoms with Gasteiger partial charge in [0.15, 0.2) is 0 Å². The number of ether oxygens (including phenoxy) is 1. The minimum Gasteiger partial charge on any atom is -0.420 e. The third-order valence-corrected chi connectivity index (χ3v) is 1.74. The van der Waals surface area contributed by atoms with Crippen LogP contribution in [-0.2, 0) is 16.0 Å². The van der Waals surface area contributed by atoms with E-state index < -0.39 is 18.1 Å². The predicted octanol–water partition coefficient (Wildman–Crippen LogP) is 1.18. The van der Waals surface area contributed by atoms with Crippen molar-refractivity contribution in [1.82, 2.24) is 0 Å². The zero-order valence-electron chi connectivity index (χ0n) is 8.45. The van der Waals surface area contributed by atoms with Crippen LogP contribution in [0.4, 0.5) is 13.2 Å². The number of halogens is 3. The Hall–Kier alpha value is -2.05. The van der Waals surface area contributed by atoms with Crippen molar-refractivity contribution in [3.8, 4) is 5.75 Å². The van der Waals surface area contributed by atoms with Crippen LogP contribution in [0.2, 0.25) is 0 Å². The molecule has 1 aromatic rings. The Morgan fingerprint density at radius 2 is 1.71 bits per heavy atom. The molecule has 0 bridgehead atoms. The van der Waals surface area contributed by atoms with E-state index in [2.05, 4.69) is 4.74 Å². The van der Waals surface area contributed by atoms with Gasteiger partial charge in [0.25, 0.3) is 0 Å². The maximum atomic E-state index is 11.9. The molecule has 4 nitrogen and oxygen atoms in total. The molecular weight excluding hydrogens is 239 g/mol. The molecule has 0 aliphatic carbocycles. The average Bonchev–Trinajstić information content (AvgIpc) is 2.18. The summed E-state index contributed by atoms with van der Waals surface area (Å²) in [5.41, 5.74) is 5.45. The van der Waals surface area contributed by atoms with Crippen LogP contribution in [0.5, 0.6) is 5.75 Å². The Labute approximate surface area is 94.2 Å². The molecule has 17 heavy (non-hydrogen) atoms. The third kappa shape index (κ3) is 4.13. The number of carbonyl (C=O) groups excluding carboxylic acids is 2. The summed E-state index contributed by atoms with van der Waals surface area (Å²) in [4.78, 5) is 21.0. The van der Waals surface area contributed by atoms with Gasteiger partial charge in [-0.2, -0.15) is 13.2 Å². The lowest BCUT2D eigenvalue weighted by atomic mass is 10.1. The number of amides is 1. The maximum Gasteiger partial charge on any atom is 0.491 e. The molecule has 7 heteroatoms. The SMILES string of the molecule is NC(=O)Cc1ccc(OC(=O)C(F)(F)F)cc1. The number of rotatable bonds is 3. The summed E-state index contributed by atoms with van der Waals surface area (Å²) in [7, 11) is 0. The van der Waals surface area contributed by atoms with Crippen LogP contribution in [0.3, 0.4) is 0 Å². The van der Waals surface area contributed by atoms with Crippen LogP contribution in [0, 0.1) is 0 Å². The van der Waals surface area contributed by atoms with Gasteiger partial charge in [0.1, 0.15) is 5.75 Å². The highest BCUT2D eigenvalue weighted by Crippen LogP contribution is 2.20. The lowest BCUT2D eigenvalue weighted by Gasteiger charge is -2.07. The predicted molar refractivity (Wildman–Crippen MR) is 51.0 cm³/mol. The van der Waals surface area contributed by atoms with Crippen molar-refractivity contribution in [3.05, 3.63) is 29.8 Å². The molecule has 1 aromatic carbocycles. The quantitative estimate of drug-likeness (QED) is 0.644. The minimum atomic E-state index is -5.04. The first-order chi connectivity index (χ1) is 7.79. The molecule has 0 saturated carbocycles. The molecule has 0 radical (unpaired) electrons. The van der Waals surface area contributed by atoms with Gasteiger partial charge in [-0.05, 0) is 17.7 Å². The fourth-order valence-corrected chi connectivity index (χ4v) is 1.04. The van der Waals surface area contributed by atoms with Gasteiger partial charge < -0.3 is 10.5 Å². The molecule has 0 unspecified atom stereocenters. The first-order valence-electron chi connectivity index (χ1n) is 4.45. The molecular formula is C10H8F3NO3. The third-order valence-electron chi connectivity index (χ3n) is 1.74. The highest BCUT2D eigenvalue weighted by Gasteiger charge is 2.41. The monoisotopic (exact) mass is 247 g/mol. The molecule has 0 atom stereocenters. The second-order valence-electron chi connectivity index (χ2n) is 3.17. The van der Waals surface area contributed by atoms with Crippen molar-refractivity contribution < 1.29 is 27.5 Å². The summed E-state index contributed by atoms with van der Waals surface area (Å²) < 4.78 is 39.6. The first-order valence-corrected chi connectivity index (χ1v) is 4.45. The molecule has 0 aliphatic heterocycles. The van der Waals surface area contributed by atoms with Gasteiger partial charge in [0, 0.05) is 0 Å². The van der Waals surface area contributed by atoms with Gasteiger partial charge in [-0.1, -0.05) is 12.1 Å². The van der Waals surface area contributed by atoms with Crippen molar-refractivity contribution in [2.75, 3.05) is 0 Å². The van der Waals surface area contributed by atoms with E-state index in [-0.39, 0.29) is 12.2 Å². The molecule has 0 aromatic heterocycles. The molecule has 0 saturated heterocycles. The number of nitrogens with two attached hydrogens (primary N) is 1. The van der Waals surface area contributed by atoms with E-state index in [0.29, 0.717) is 5.56 Å². The molecule has 0 spiro atoms. The van der Waals surface area contributed by atoms with Gasteiger partial charge in [0.05, 0.1) is 6.42 Å². The van der Waals surface area contributed by atoms with Crippen LogP contribution in [0.25, 0.3) is 0 Å². The summed E-state index contributed by atoms with van der Waals surface area (Å²) in [6, 6.07) is 5.01. The van der Waals surface area contributed by atoms with Crippen molar-refractivity contribution >= 4 is 11.9 Å². The number of hydrogen-bond acceptors (Lipinski definition) is 3. The van der Waals surface area contributed by atoms with E-state index in [1.54, 1.807) is 0 Å². The minimum absolute atomic E-state index is 0.0342. The molecule has 1 amide bonds. The largest absolute Gasteiger partial charge is 0.491 e. The van der Waals surface area contributed by atoms with E-state index >= 15 is 0 Å². The van der Waals surface area contributed by atoms with E-state index in [0.717, 1.165) is 12.1 Å². The molecule has 1 rings (SSSR count). The summed E-state index contributed by atoms with van der Waals surface area (Å²) in [6.07, 6.45) is -5.07. The zero-order chi connectivity index (χ0) is 13.1. The topological polar surface area (TPSA) is 69.4 Å². The van der Waals surface area contributed by atoms with Crippen LogP contribution < -0.4 is 10.5 Å². The summed E-state index contributed by atoms with van der Waals surface area (Å²) in [5.74, 6) is -3.11. The van der Waals surface area contributed by atoms with Gasteiger partial charge in [0.2, 0.25) is 5.91 Å². The number of carbonyl (C=O) groups is 2. The normalized spacial score (nSPS) is 11.0. The first kappa shape index (κ1) is 13.0. The second kappa shape index (κ2) is 4.86. The Morgan fingerprint density at radius 3 is 2.12 bits per heavy atom. The van der Waals surface area contributed by atoms with Gasteiger partial charge in [-0.15, -0.1) is 0 Å². The average molecular weight is 247 g/mol. The van der Waals surface area contributed by atoms with Crippen molar-refractivity contribution in [2.24, 2.45) is 5.73 Å². The van der Waals surface area contributed by atoms with Gasteiger partial charge in [-0.3, -0.25) is 4.79 Å². The standard InChI is InChI=1S/C10H8F3NO3/c11-10(12,13)9(16)17-7-3-1-6(2-4-7)5-8(14)15/h1-4H,5H2,(H2,14,15). The number of benzene rings is 1. The van der Waals surface area contributed by atoms with Crippen LogP contribution in [0.1, 0.15) is 5.56 Å². The molecule has 0 aliphatic rings. The fraction of sp³-hybridized carbons (Fsp3) is 0.200. The number of esters is 1. The summed E-state index contributed by atoms with van der Waals surface area (Å²) in [6.45, 7) is 0. The smallest absolute Gasteiger partial charge is 0.420 e. The fourth-order valence-electron chi connectivity index (χ4n) is 1.04. The number of alkyl halides is 3.